The second-order valence-corrected chi connectivity index (χ2v) is 11.7. The number of allylic oxidation sites excluding steroid dienone is 1. The van der Waals surface area contributed by atoms with Crippen molar-refractivity contribution in [2.45, 2.75) is 52.2 Å². The van der Waals surface area contributed by atoms with Crippen LogP contribution < -0.4 is 15.2 Å². The van der Waals surface area contributed by atoms with Gasteiger partial charge in [-0.15, -0.1) is 0 Å². The largest absolute Gasteiger partial charge is 0.438 e. The number of hydrogen-bond acceptors (Lipinski definition) is 8. The van der Waals surface area contributed by atoms with Gasteiger partial charge in [0, 0.05) is 24.9 Å². The van der Waals surface area contributed by atoms with E-state index in [4.69, 9.17) is 19.9 Å². The van der Waals surface area contributed by atoms with Crippen LogP contribution in [-0.4, -0.2) is 35.8 Å². The van der Waals surface area contributed by atoms with Crippen LogP contribution in [0, 0.1) is 25.2 Å². The molecule has 1 saturated heterocycles. The average Bonchev–Trinajstić information content (AvgIpc) is 3.24. The molecule has 3 N–H and O–H groups in total. The summed E-state index contributed by atoms with van der Waals surface area (Å²) in [5.41, 5.74) is 6.39. The van der Waals surface area contributed by atoms with Gasteiger partial charge in [-0.1, -0.05) is 12.1 Å². The van der Waals surface area contributed by atoms with Gasteiger partial charge in [-0.25, -0.2) is 10.1 Å². The maximum Gasteiger partial charge on any atom is 0.276 e. The standard InChI is InChI=1S/C29H32N6O4S/c1-19-15-21(5-3-12-30)16-20(2)27(19)39-28-25-17-38-18-26(25)33-29(34-28)32-24-9-7-23(8-10-24)22-6-4-13-35(14-11-22)40(31,36)37/h3,5,7-10,15-16,22H,4,6,11,13-14,17-18H2,1-2H3,(H2,31,36,37)(H,32,33,34)/b5-3+. The molecule has 40 heavy (non-hydrogen) atoms. The third-order valence-electron chi connectivity index (χ3n) is 7.26. The topological polar surface area (TPSA) is 143 Å². The normalized spacial score (nSPS) is 17.8. The lowest BCUT2D eigenvalue weighted by atomic mass is 9.92. The minimum Gasteiger partial charge on any atom is -0.438 e. The van der Waals surface area contributed by atoms with E-state index in [1.807, 2.05) is 44.2 Å². The highest BCUT2D eigenvalue weighted by Gasteiger charge is 2.25. The fraction of sp³-hybridized carbons (Fsp3) is 0.345. The van der Waals surface area contributed by atoms with E-state index >= 15 is 0 Å². The summed E-state index contributed by atoms with van der Waals surface area (Å²) >= 11 is 0. The SMILES string of the molecule is Cc1cc(/C=C/C#N)cc(C)c1Oc1nc(Nc2ccc(C3CCCN(S(N)(=O)=O)CC3)cc2)nc2c1COC2. The number of nitrogens with one attached hydrogen (secondary N) is 1. The molecule has 2 aromatic carbocycles. The van der Waals surface area contributed by atoms with Gasteiger partial charge < -0.3 is 14.8 Å². The van der Waals surface area contributed by atoms with Crippen LogP contribution in [0.3, 0.4) is 0 Å². The van der Waals surface area contributed by atoms with Crippen LogP contribution in [0.2, 0.25) is 0 Å². The summed E-state index contributed by atoms with van der Waals surface area (Å²) in [6.45, 7) is 5.58. The Labute approximate surface area is 234 Å². The second kappa shape index (κ2) is 11.7. The Morgan fingerprint density at radius 1 is 1.12 bits per heavy atom. The van der Waals surface area contributed by atoms with Gasteiger partial charge in [-0.3, -0.25) is 0 Å². The van der Waals surface area contributed by atoms with Gasteiger partial charge in [0.1, 0.15) is 5.75 Å². The van der Waals surface area contributed by atoms with Crippen molar-refractivity contribution in [3.8, 4) is 17.7 Å². The number of hydrogen-bond donors (Lipinski definition) is 2. The molecule has 208 valence electrons. The molecule has 1 aromatic heterocycles. The monoisotopic (exact) mass is 560 g/mol. The zero-order valence-corrected chi connectivity index (χ0v) is 23.4. The van der Waals surface area contributed by atoms with Crippen molar-refractivity contribution < 1.29 is 17.9 Å². The van der Waals surface area contributed by atoms with Crippen LogP contribution >= 0.6 is 0 Å². The predicted octanol–water partition coefficient (Wildman–Crippen LogP) is 4.97. The van der Waals surface area contributed by atoms with E-state index in [-0.39, 0.29) is 5.92 Å². The summed E-state index contributed by atoms with van der Waals surface area (Å²) in [6, 6.07) is 14.0. The molecule has 0 saturated carbocycles. The van der Waals surface area contributed by atoms with Crippen molar-refractivity contribution in [1.82, 2.24) is 14.3 Å². The van der Waals surface area contributed by atoms with Crippen LogP contribution in [0.15, 0.2) is 42.5 Å². The van der Waals surface area contributed by atoms with Gasteiger partial charge in [0.25, 0.3) is 10.2 Å². The first-order valence-corrected chi connectivity index (χ1v) is 14.7. The minimum atomic E-state index is -3.66. The number of ether oxygens (including phenoxy) is 2. The molecule has 3 aromatic rings. The molecule has 0 aliphatic carbocycles. The number of anilines is 2. The molecule has 1 fully saturated rings. The number of fused-ring (bicyclic) bond motifs is 1. The maximum atomic E-state index is 11.7. The molecule has 1 atom stereocenters. The lowest BCUT2D eigenvalue weighted by Crippen LogP contribution is -2.37. The minimum absolute atomic E-state index is 0.266. The number of aryl methyl sites for hydroxylation is 2. The zero-order chi connectivity index (χ0) is 28.3. The predicted molar refractivity (Wildman–Crippen MR) is 152 cm³/mol. The first-order chi connectivity index (χ1) is 19.2. The highest BCUT2D eigenvalue weighted by Crippen LogP contribution is 2.36. The molecule has 11 heteroatoms. The second-order valence-electron chi connectivity index (χ2n) is 10.1. The van der Waals surface area contributed by atoms with Gasteiger partial charge in [0.05, 0.1) is 30.5 Å². The molecule has 1 unspecified atom stereocenters. The molecule has 2 aliphatic heterocycles. The summed E-state index contributed by atoms with van der Waals surface area (Å²) in [5.74, 6) is 1.84. The number of nitrogens with two attached hydrogens (primary N) is 1. The summed E-state index contributed by atoms with van der Waals surface area (Å²) in [4.78, 5) is 9.35. The Kier molecular flexibility index (Phi) is 8.14. The van der Waals surface area contributed by atoms with Gasteiger partial charge in [0.15, 0.2) is 0 Å². The van der Waals surface area contributed by atoms with E-state index in [1.54, 1.807) is 6.08 Å². The van der Waals surface area contributed by atoms with Crippen molar-refractivity contribution in [2.75, 3.05) is 18.4 Å². The Morgan fingerprint density at radius 2 is 1.88 bits per heavy atom. The van der Waals surface area contributed by atoms with Gasteiger partial charge in [-0.05, 0) is 91.6 Å². The Balaban J connectivity index is 1.33. The number of rotatable bonds is 7. The quantitative estimate of drug-likeness (QED) is 0.386. The summed E-state index contributed by atoms with van der Waals surface area (Å²) in [6.07, 6.45) is 5.62. The van der Waals surface area contributed by atoms with Crippen LogP contribution in [0.25, 0.3) is 6.08 Å². The highest BCUT2D eigenvalue weighted by molar-refractivity contribution is 7.86. The molecular weight excluding hydrogens is 528 g/mol. The maximum absolute atomic E-state index is 11.7. The van der Waals surface area contributed by atoms with Gasteiger partial charge >= 0.3 is 0 Å². The lowest BCUT2D eigenvalue weighted by molar-refractivity contribution is 0.132. The fourth-order valence-corrected chi connectivity index (χ4v) is 6.00. The Hall–Kier alpha value is -3.82. The average molecular weight is 561 g/mol. The van der Waals surface area contributed by atoms with E-state index in [1.165, 1.54) is 10.4 Å². The molecule has 0 amide bonds. The highest BCUT2D eigenvalue weighted by atomic mass is 32.2. The van der Waals surface area contributed by atoms with E-state index < -0.39 is 10.2 Å². The zero-order valence-electron chi connectivity index (χ0n) is 22.6. The van der Waals surface area contributed by atoms with Crippen LogP contribution in [-0.2, 0) is 28.2 Å². The Morgan fingerprint density at radius 3 is 2.58 bits per heavy atom. The number of benzene rings is 2. The molecule has 0 spiro atoms. The van der Waals surface area contributed by atoms with Crippen molar-refractivity contribution in [3.05, 3.63) is 76.0 Å². The first-order valence-electron chi connectivity index (χ1n) is 13.2. The van der Waals surface area contributed by atoms with E-state index in [0.29, 0.717) is 43.9 Å². The van der Waals surface area contributed by atoms with E-state index in [0.717, 1.165) is 58.5 Å². The van der Waals surface area contributed by atoms with Crippen LogP contribution in [0.4, 0.5) is 11.6 Å². The van der Waals surface area contributed by atoms with Crippen LogP contribution in [0.5, 0.6) is 11.6 Å². The number of nitrogens with zero attached hydrogens (tertiary/aromatic N) is 4. The van der Waals surface area contributed by atoms with Crippen molar-refractivity contribution in [1.29, 1.82) is 5.26 Å². The smallest absolute Gasteiger partial charge is 0.276 e. The third-order valence-corrected chi connectivity index (χ3v) is 8.34. The summed E-state index contributed by atoms with van der Waals surface area (Å²) < 4.78 is 36.8. The summed E-state index contributed by atoms with van der Waals surface area (Å²) in [7, 11) is -3.66. The van der Waals surface area contributed by atoms with Crippen molar-refractivity contribution in [2.24, 2.45) is 5.14 Å². The Bertz CT molecular complexity index is 1560. The summed E-state index contributed by atoms with van der Waals surface area (Å²) in [5, 5.41) is 17.5. The molecule has 5 rings (SSSR count). The molecule has 10 nitrogen and oxygen atoms in total. The van der Waals surface area contributed by atoms with Crippen molar-refractivity contribution >= 4 is 27.9 Å². The molecule has 0 radical (unpaired) electrons. The number of nitriles is 1. The molecule has 2 aliphatic rings. The first kappa shape index (κ1) is 27.7. The lowest BCUT2D eigenvalue weighted by Gasteiger charge is -2.17. The van der Waals surface area contributed by atoms with Crippen molar-refractivity contribution in [3.63, 3.8) is 0 Å². The number of aromatic nitrogens is 2. The molecular formula is C29H32N6O4S. The molecule has 3 heterocycles. The van der Waals surface area contributed by atoms with E-state index in [9.17, 15) is 8.42 Å². The fourth-order valence-electron chi connectivity index (χ4n) is 5.26. The third kappa shape index (κ3) is 6.32. The van der Waals surface area contributed by atoms with Gasteiger partial charge in [0.2, 0.25) is 11.8 Å². The van der Waals surface area contributed by atoms with E-state index in [2.05, 4.69) is 27.4 Å². The molecule has 0 bridgehead atoms. The van der Waals surface area contributed by atoms with Gasteiger partial charge in [-0.2, -0.15) is 23.0 Å². The van der Waals surface area contributed by atoms with Crippen LogP contribution in [0.1, 0.15) is 58.7 Å².